The first-order valence-corrected chi connectivity index (χ1v) is 7.42. The van der Waals surface area contributed by atoms with Crippen molar-refractivity contribution in [1.82, 2.24) is 5.32 Å². The van der Waals surface area contributed by atoms with Gasteiger partial charge in [0.2, 0.25) is 0 Å². The summed E-state index contributed by atoms with van der Waals surface area (Å²) in [5.41, 5.74) is 1.16. The minimum atomic E-state index is 0.252. The number of nitrogens with one attached hydrogen (secondary N) is 1. The first kappa shape index (κ1) is 14.6. The van der Waals surface area contributed by atoms with Crippen molar-refractivity contribution >= 4 is 15.9 Å². The highest BCUT2D eigenvalue weighted by atomic mass is 79.9. The third kappa shape index (κ3) is 4.09. The molecular formula is C14H20BrNO3. The average Bonchev–Trinajstić information content (AvgIpc) is 2.43. The molecule has 1 aliphatic heterocycles. The monoisotopic (exact) mass is 329 g/mol. The van der Waals surface area contributed by atoms with Gasteiger partial charge in [-0.15, -0.1) is 0 Å². The van der Waals surface area contributed by atoms with Crippen LogP contribution in [-0.4, -0.2) is 31.0 Å². The van der Waals surface area contributed by atoms with Crippen LogP contribution in [0.4, 0.5) is 0 Å². The fourth-order valence-corrected chi connectivity index (χ4v) is 2.66. The quantitative estimate of drug-likeness (QED) is 0.841. The Hall–Kier alpha value is -0.780. The molecule has 5 heteroatoms. The van der Waals surface area contributed by atoms with Gasteiger partial charge in [0.25, 0.3) is 0 Å². The van der Waals surface area contributed by atoms with Crippen LogP contribution in [-0.2, 0) is 6.54 Å². The smallest absolute Gasteiger partial charge is 0.175 e. The zero-order valence-corrected chi connectivity index (χ0v) is 12.7. The van der Waals surface area contributed by atoms with E-state index in [-0.39, 0.29) is 6.61 Å². The number of ether oxygens (including phenoxy) is 2. The molecular weight excluding hydrogens is 310 g/mol. The lowest BCUT2D eigenvalue weighted by Gasteiger charge is -2.21. The molecule has 1 atom stereocenters. The maximum absolute atomic E-state index is 8.80. The minimum absolute atomic E-state index is 0.252. The maximum atomic E-state index is 8.80. The van der Waals surface area contributed by atoms with Gasteiger partial charge in [0.1, 0.15) is 13.2 Å². The number of benzene rings is 1. The van der Waals surface area contributed by atoms with E-state index in [0.717, 1.165) is 40.9 Å². The number of hydrogen-bond donors (Lipinski definition) is 2. The summed E-state index contributed by atoms with van der Waals surface area (Å²) in [5, 5.41) is 12.2. The number of hydrogen-bond acceptors (Lipinski definition) is 4. The topological polar surface area (TPSA) is 50.7 Å². The molecule has 0 radical (unpaired) electrons. The summed E-state index contributed by atoms with van der Waals surface area (Å²) >= 11 is 3.52. The van der Waals surface area contributed by atoms with Crippen molar-refractivity contribution in [2.45, 2.75) is 32.4 Å². The molecule has 1 aromatic carbocycles. The van der Waals surface area contributed by atoms with Gasteiger partial charge in [0, 0.05) is 19.2 Å². The largest absolute Gasteiger partial charge is 0.486 e. The van der Waals surface area contributed by atoms with Crippen LogP contribution in [0, 0.1) is 0 Å². The fourth-order valence-electron chi connectivity index (χ4n) is 2.06. The number of rotatable bonds is 6. The highest BCUT2D eigenvalue weighted by molar-refractivity contribution is 9.10. The second kappa shape index (κ2) is 7.12. The lowest BCUT2D eigenvalue weighted by molar-refractivity contribution is 0.170. The van der Waals surface area contributed by atoms with Gasteiger partial charge in [-0.25, -0.2) is 0 Å². The van der Waals surface area contributed by atoms with Crippen molar-refractivity contribution in [3.05, 3.63) is 22.2 Å². The molecule has 2 rings (SSSR count). The van der Waals surface area contributed by atoms with Crippen LogP contribution in [0.2, 0.25) is 0 Å². The summed E-state index contributed by atoms with van der Waals surface area (Å²) in [6.07, 6.45) is 1.81. The number of fused-ring (bicyclic) bond motifs is 1. The van der Waals surface area contributed by atoms with Crippen molar-refractivity contribution in [1.29, 1.82) is 0 Å². The standard InChI is InChI=1S/C14H20BrNO3/c1-10(3-2-4-17)16-9-11-7-12(15)14-13(8-11)18-5-6-19-14/h7-8,10,16-17H,2-6,9H2,1H3. The first-order chi connectivity index (χ1) is 9.20. The Bertz CT molecular complexity index is 425. The molecule has 1 unspecified atom stereocenters. The number of aliphatic hydroxyl groups is 1. The molecule has 4 nitrogen and oxygen atoms in total. The van der Waals surface area contributed by atoms with Gasteiger partial charge >= 0.3 is 0 Å². The molecule has 0 saturated heterocycles. The Morgan fingerprint density at radius 2 is 2.16 bits per heavy atom. The van der Waals surface area contributed by atoms with Gasteiger partial charge in [-0.3, -0.25) is 0 Å². The molecule has 1 aliphatic rings. The van der Waals surface area contributed by atoms with Gasteiger partial charge in [0.05, 0.1) is 4.47 Å². The Kier molecular flexibility index (Phi) is 5.48. The van der Waals surface area contributed by atoms with Crippen LogP contribution in [0.15, 0.2) is 16.6 Å². The maximum Gasteiger partial charge on any atom is 0.175 e. The highest BCUT2D eigenvalue weighted by Gasteiger charge is 2.16. The molecule has 106 valence electrons. The average molecular weight is 330 g/mol. The summed E-state index contributed by atoms with van der Waals surface area (Å²) in [4.78, 5) is 0. The van der Waals surface area contributed by atoms with E-state index in [9.17, 15) is 0 Å². The summed E-state index contributed by atoms with van der Waals surface area (Å²) < 4.78 is 12.1. The highest BCUT2D eigenvalue weighted by Crippen LogP contribution is 2.38. The Morgan fingerprint density at radius 1 is 1.37 bits per heavy atom. The van der Waals surface area contributed by atoms with Gasteiger partial charge in [-0.2, -0.15) is 0 Å². The zero-order valence-electron chi connectivity index (χ0n) is 11.1. The van der Waals surface area contributed by atoms with Crippen LogP contribution in [0.5, 0.6) is 11.5 Å². The third-order valence-electron chi connectivity index (χ3n) is 3.11. The van der Waals surface area contributed by atoms with Gasteiger partial charge in [-0.05, 0) is 53.4 Å². The summed E-state index contributed by atoms with van der Waals surface area (Å²) in [7, 11) is 0. The van der Waals surface area contributed by atoms with E-state index in [1.165, 1.54) is 0 Å². The van der Waals surface area contributed by atoms with E-state index >= 15 is 0 Å². The van der Waals surface area contributed by atoms with E-state index in [1.807, 2.05) is 6.07 Å². The molecule has 0 amide bonds. The summed E-state index contributed by atoms with van der Waals surface area (Å²) in [5.74, 6) is 1.60. The summed E-state index contributed by atoms with van der Waals surface area (Å²) in [6, 6.07) is 4.46. The van der Waals surface area contributed by atoms with Crippen molar-refractivity contribution in [2.75, 3.05) is 19.8 Å². The minimum Gasteiger partial charge on any atom is -0.486 e. The predicted molar refractivity (Wildman–Crippen MR) is 77.8 cm³/mol. The van der Waals surface area contributed by atoms with Gasteiger partial charge < -0.3 is 19.9 Å². The van der Waals surface area contributed by atoms with Crippen molar-refractivity contribution < 1.29 is 14.6 Å². The second-order valence-electron chi connectivity index (χ2n) is 4.75. The molecule has 0 spiro atoms. The normalized spacial score (nSPS) is 15.3. The number of halogens is 1. The molecule has 0 aliphatic carbocycles. The van der Waals surface area contributed by atoms with E-state index in [2.05, 4.69) is 34.2 Å². The lowest BCUT2D eigenvalue weighted by atomic mass is 10.1. The Labute approximate surface area is 122 Å². The molecule has 0 aromatic heterocycles. The molecule has 0 fully saturated rings. The van der Waals surface area contributed by atoms with E-state index in [4.69, 9.17) is 14.6 Å². The van der Waals surface area contributed by atoms with Gasteiger partial charge in [0.15, 0.2) is 11.5 Å². The molecule has 2 N–H and O–H groups in total. The first-order valence-electron chi connectivity index (χ1n) is 6.63. The van der Waals surface area contributed by atoms with Crippen molar-refractivity contribution in [3.8, 4) is 11.5 Å². The lowest BCUT2D eigenvalue weighted by Crippen LogP contribution is -2.25. The van der Waals surface area contributed by atoms with Crippen molar-refractivity contribution in [3.63, 3.8) is 0 Å². The summed E-state index contributed by atoms with van der Waals surface area (Å²) in [6.45, 7) is 4.36. The molecule has 0 bridgehead atoms. The SMILES string of the molecule is CC(CCCO)NCc1cc(Br)c2c(c1)OCCO2. The van der Waals surface area contributed by atoms with Crippen LogP contribution < -0.4 is 14.8 Å². The zero-order chi connectivity index (χ0) is 13.7. The second-order valence-corrected chi connectivity index (χ2v) is 5.60. The Morgan fingerprint density at radius 3 is 2.95 bits per heavy atom. The Balaban J connectivity index is 1.95. The molecule has 0 saturated carbocycles. The third-order valence-corrected chi connectivity index (χ3v) is 3.70. The van der Waals surface area contributed by atoms with Crippen LogP contribution in [0.3, 0.4) is 0 Å². The molecule has 1 heterocycles. The van der Waals surface area contributed by atoms with E-state index in [0.29, 0.717) is 19.3 Å². The van der Waals surface area contributed by atoms with Crippen LogP contribution in [0.1, 0.15) is 25.3 Å². The van der Waals surface area contributed by atoms with Crippen LogP contribution in [0.25, 0.3) is 0 Å². The fraction of sp³-hybridized carbons (Fsp3) is 0.571. The van der Waals surface area contributed by atoms with E-state index < -0.39 is 0 Å². The van der Waals surface area contributed by atoms with Crippen LogP contribution >= 0.6 is 15.9 Å². The predicted octanol–water partition coefficient (Wildman–Crippen LogP) is 2.47. The molecule has 19 heavy (non-hydrogen) atoms. The van der Waals surface area contributed by atoms with E-state index in [1.54, 1.807) is 0 Å². The van der Waals surface area contributed by atoms with Gasteiger partial charge in [-0.1, -0.05) is 0 Å². The number of aliphatic hydroxyl groups excluding tert-OH is 1. The van der Waals surface area contributed by atoms with Crippen molar-refractivity contribution in [2.24, 2.45) is 0 Å². The molecule has 1 aromatic rings.